The van der Waals surface area contributed by atoms with Crippen LogP contribution in [0.5, 0.6) is 0 Å². The SMILES string of the molecule is O=C(NCCCN1CCOCC1)c1ccc2nc(Cl)oc2c1. The molecule has 1 N–H and O–H groups in total. The molecule has 1 fully saturated rings. The number of benzene rings is 1. The lowest BCUT2D eigenvalue weighted by molar-refractivity contribution is 0.0374. The average molecular weight is 324 g/mol. The zero-order chi connectivity index (χ0) is 15.4. The molecule has 0 radical (unpaired) electrons. The lowest BCUT2D eigenvalue weighted by atomic mass is 10.2. The highest BCUT2D eigenvalue weighted by Gasteiger charge is 2.11. The second-order valence-electron chi connectivity index (χ2n) is 5.21. The maximum atomic E-state index is 12.1. The molecular weight excluding hydrogens is 306 g/mol. The Morgan fingerprint density at radius 2 is 2.18 bits per heavy atom. The molecule has 6 nitrogen and oxygen atoms in total. The molecule has 0 saturated carbocycles. The van der Waals surface area contributed by atoms with Crippen LogP contribution in [0.1, 0.15) is 16.8 Å². The fourth-order valence-corrected chi connectivity index (χ4v) is 2.64. The van der Waals surface area contributed by atoms with E-state index in [1.165, 1.54) is 0 Å². The molecule has 3 rings (SSSR count). The fourth-order valence-electron chi connectivity index (χ4n) is 2.47. The molecule has 118 valence electrons. The predicted octanol–water partition coefficient (Wildman–Crippen LogP) is 1.93. The lowest BCUT2D eigenvalue weighted by Crippen LogP contribution is -2.38. The zero-order valence-electron chi connectivity index (χ0n) is 12.2. The number of rotatable bonds is 5. The lowest BCUT2D eigenvalue weighted by Gasteiger charge is -2.26. The number of oxazole rings is 1. The minimum absolute atomic E-state index is 0.0815. The molecule has 0 unspecified atom stereocenters. The number of nitrogens with zero attached hydrogens (tertiary/aromatic N) is 2. The molecule has 22 heavy (non-hydrogen) atoms. The van der Waals surface area contributed by atoms with Crippen LogP contribution < -0.4 is 5.32 Å². The van der Waals surface area contributed by atoms with E-state index in [1.54, 1.807) is 18.2 Å². The van der Waals surface area contributed by atoms with E-state index in [0.29, 0.717) is 23.2 Å². The van der Waals surface area contributed by atoms with Crippen LogP contribution in [-0.4, -0.2) is 55.2 Å². The van der Waals surface area contributed by atoms with E-state index in [0.717, 1.165) is 39.3 Å². The number of aromatic nitrogens is 1. The molecule has 7 heteroatoms. The van der Waals surface area contributed by atoms with E-state index in [2.05, 4.69) is 15.2 Å². The van der Waals surface area contributed by atoms with Crippen LogP contribution in [0.4, 0.5) is 0 Å². The molecule has 0 atom stereocenters. The first-order valence-corrected chi connectivity index (χ1v) is 7.74. The zero-order valence-corrected chi connectivity index (χ0v) is 12.9. The van der Waals surface area contributed by atoms with Crippen LogP contribution in [0.25, 0.3) is 11.1 Å². The molecule has 1 aliphatic rings. The van der Waals surface area contributed by atoms with Gasteiger partial charge in [0.2, 0.25) is 0 Å². The van der Waals surface area contributed by atoms with E-state index in [-0.39, 0.29) is 11.3 Å². The monoisotopic (exact) mass is 323 g/mol. The van der Waals surface area contributed by atoms with Crippen molar-refractivity contribution in [1.29, 1.82) is 0 Å². The Kier molecular flexibility index (Phi) is 4.92. The second-order valence-corrected chi connectivity index (χ2v) is 5.54. The van der Waals surface area contributed by atoms with Gasteiger partial charge in [0, 0.05) is 25.2 Å². The molecule has 1 aromatic heterocycles. The van der Waals surface area contributed by atoms with Crippen molar-refractivity contribution in [3.63, 3.8) is 0 Å². The van der Waals surface area contributed by atoms with Crippen molar-refractivity contribution in [2.24, 2.45) is 0 Å². The Bertz CT molecular complexity index is 653. The number of amides is 1. The fraction of sp³-hybridized carbons (Fsp3) is 0.467. The highest BCUT2D eigenvalue weighted by Crippen LogP contribution is 2.19. The number of halogens is 1. The molecule has 2 heterocycles. The summed E-state index contributed by atoms with van der Waals surface area (Å²) in [6.45, 7) is 5.15. The van der Waals surface area contributed by atoms with Gasteiger partial charge in [-0.05, 0) is 42.8 Å². The normalized spacial score (nSPS) is 16.0. The van der Waals surface area contributed by atoms with Gasteiger partial charge < -0.3 is 14.5 Å². The number of fused-ring (bicyclic) bond motifs is 1. The molecule has 0 spiro atoms. The maximum absolute atomic E-state index is 12.1. The summed E-state index contributed by atoms with van der Waals surface area (Å²) >= 11 is 5.70. The van der Waals surface area contributed by atoms with Gasteiger partial charge in [-0.3, -0.25) is 9.69 Å². The van der Waals surface area contributed by atoms with E-state index in [4.69, 9.17) is 20.8 Å². The van der Waals surface area contributed by atoms with Gasteiger partial charge in [0.25, 0.3) is 11.3 Å². The average Bonchev–Trinajstić information content (AvgIpc) is 2.91. The van der Waals surface area contributed by atoms with Crippen molar-refractivity contribution >= 4 is 28.6 Å². The van der Waals surface area contributed by atoms with Crippen molar-refractivity contribution in [3.8, 4) is 0 Å². The smallest absolute Gasteiger partial charge is 0.293 e. The summed E-state index contributed by atoms with van der Waals surface area (Å²) in [5.74, 6) is -0.114. The molecule has 0 aliphatic carbocycles. The number of hydrogen-bond acceptors (Lipinski definition) is 5. The Labute approximate surface area is 133 Å². The Morgan fingerprint density at radius 3 is 3.00 bits per heavy atom. The number of carbonyl (C=O) groups excluding carboxylic acids is 1. The highest BCUT2D eigenvalue weighted by molar-refractivity contribution is 6.28. The molecular formula is C15H18ClN3O3. The summed E-state index contributed by atoms with van der Waals surface area (Å²) in [6, 6.07) is 5.11. The van der Waals surface area contributed by atoms with Gasteiger partial charge in [-0.2, -0.15) is 4.98 Å². The number of hydrogen-bond donors (Lipinski definition) is 1. The van der Waals surface area contributed by atoms with Crippen molar-refractivity contribution in [3.05, 3.63) is 29.1 Å². The van der Waals surface area contributed by atoms with Gasteiger partial charge >= 0.3 is 0 Å². The standard InChI is InChI=1S/C15H18ClN3O3/c16-15-18-12-3-2-11(10-13(12)22-15)14(20)17-4-1-5-19-6-8-21-9-7-19/h2-3,10H,1,4-9H2,(H,17,20). The van der Waals surface area contributed by atoms with Gasteiger partial charge in [0.1, 0.15) is 5.52 Å². The van der Waals surface area contributed by atoms with Crippen LogP contribution in [0.15, 0.2) is 22.6 Å². The number of nitrogens with one attached hydrogen (secondary N) is 1. The van der Waals surface area contributed by atoms with Crippen LogP contribution >= 0.6 is 11.6 Å². The summed E-state index contributed by atoms with van der Waals surface area (Å²) in [4.78, 5) is 18.4. The van der Waals surface area contributed by atoms with Crippen LogP contribution in [0, 0.1) is 0 Å². The third-order valence-corrected chi connectivity index (χ3v) is 3.83. The van der Waals surface area contributed by atoms with Crippen molar-refractivity contribution in [2.45, 2.75) is 6.42 Å². The second kappa shape index (κ2) is 7.09. The van der Waals surface area contributed by atoms with Crippen LogP contribution in [0.3, 0.4) is 0 Å². The van der Waals surface area contributed by atoms with Gasteiger partial charge in [-0.15, -0.1) is 0 Å². The summed E-state index contributed by atoms with van der Waals surface area (Å²) < 4.78 is 10.5. The summed E-state index contributed by atoms with van der Waals surface area (Å²) in [6.07, 6.45) is 0.919. The van der Waals surface area contributed by atoms with E-state index < -0.39 is 0 Å². The highest BCUT2D eigenvalue weighted by atomic mass is 35.5. The summed E-state index contributed by atoms with van der Waals surface area (Å²) in [7, 11) is 0. The predicted molar refractivity (Wildman–Crippen MR) is 83.2 cm³/mol. The first kappa shape index (κ1) is 15.3. The Morgan fingerprint density at radius 1 is 1.36 bits per heavy atom. The number of morpholine rings is 1. The van der Waals surface area contributed by atoms with E-state index in [9.17, 15) is 4.79 Å². The van der Waals surface area contributed by atoms with E-state index in [1.807, 2.05) is 0 Å². The third kappa shape index (κ3) is 3.76. The molecule has 1 amide bonds. The van der Waals surface area contributed by atoms with Crippen molar-refractivity contribution < 1.29 is 13.9 Å². The Hall–Kier alpha value is -1.63. The topological polar surface area (TPSA) is 67.6 Å². The van der Waals surface area contributed by atoms with Crippen molar-refractivity contribution in [1.82, 2.24) is 15.2 Å². The van der Waals surface area contributed by atoms with Gasteiger partial charge in [0.15, 0.2) is 5.58 Å². The summed E-state index contributed by atoms with van der Waals surface area (Å²) in [5.41, 5.74) is 1.71. The minimum Gasteiger partial charge on any atom is -0.428 e. The first-order chi connectivity index (χ1) is 10.7. The largest absolute Gasteiger partial charge is 0.428 e. The molecule has 1 aromatic carbocycles. The number of carbonyl (C=O) groups is 1. The minimum atomic E-state index is -0.114. The van der Waals surface area contributed by atoms with Crippen molar-refractivity contribution in [2.75, 3.05) is 39.4 Å². The number of ether oxygens (including phenoxy) is 1. The van der Waals surface area contributed by atoms with Crippen LogP contribution in [0.2, 0.25) is 5.35 Å². The quantitative estimate of drug-likeness (QED) is 0.852. The first-order valence-electron chi connectivity index (χ1n) is 7.37. The molecule has 0 bridgehead atoms. The third-order valence-electron chi connectivity index (χ3n) is 3.66. The molecule has 1 aliphatic heterocycles. The van der Waals surface area contributed by atoms with Crippen LogP contribution in [-0.2, 0) is 4.74 Å². The van der Waals surface area contributed by atoms with Gasteiger partial charge in [-0.25, -0.2) is 0 Å². The Balaban J connectivity index is 1.48. The molecule has 1 saturated heterocycles. The van der Waals surface area contributed by atoms with E-state index >= 15 is 0 Å². The summed E-state index contributed by atoms with van der Waals surface area (Å²) in [5, 5.41) is 3.00. The van der Waals surface area contributed by atoms with Gasteiger partial charge in [0.05, 0.1) is 13.2 Å². The maximum Gasteiger partial charge on any atom is 0.293 e. The molecule has 2 aromatic rings. The van der Waals surface area contributed by atoms with Gasteiger partial charge in [-0.1, -0.05) is 0 Å².